The lowest BCUT2D eigenvalue weighted by Gasteiger charge is -2.34. The van der Waals surface area contributed by atoms with E-state index in [1.54, 1.807) is 52.0 Å². The second kappa shape index (κ2) is 7.16. The van der Waals surface area contributed by atoms with E-state index in [1.807, 2.05) is 6.07 Å². The number of hydrogen-bond acceptors (Lipinski definition) is 9. The van der Waals surface area contributed by atoms with Crippen LogP contribution < -0.4 is 4.74 Å². The van der Waals surface area contributed by atoms with Gasteiger partial charge in [-0.25, -0.2) is 0 Å². The summed E-state index contributed by atoms with van der Waals surface area (Å²) in [6, 6.07) is 11.1. The number of ether oxygens (including phenoxy) is 7. The molecule has 0 N–H and O–H groups in total. The molecule has 9 heteroatoms. The molecule has 3 aliphatic rings. The monoisotopic (exact) mass is 421 g/mol. The minimum atomic E-state index is -1.64. The van der Waals surface area contributed by atoms with Crippen LogP contribution in [0, 0.1) is 11.3 Å². The molecule has 5 atom stereocenters. The van der Waals surface area contributed by atoms with E-state index in [9.17, 15) is 5.26 Å². The molecule has 0 saturated carbocycles. The lowest BCUT2D eigenvalue weighted by atomic mass is 9.90. The van der Waals surface area contributed by atoms with Crippen LogP contribution in [0.25, 0.3) is 0 Å². The maximum Gasteiger partial charge on any atom is 0.359 e. The molecule has 1 aromatic rings. The van der Waals surface area contributed by atoms with Gasteiger partial charge in [0, 0.05) is 12.2 Å². The van der Waals surface area contributed by atoms with Crippen molar-refractivity contribution in [3.63, 3.8) is 0 Å². The summed E-state index contributed by atoms with van der Waals surface area (Å²) in [6.45, 7) is 7.28. The quantitative estimate of drug-likeness (QED) is 0.683. The van der Waals surface area contributed by atoms with E-state index in [-0.39, 0.29) is 11.8 Å². The van der Waals surface area contributed by atoms with Crippen LogP contribution in [0.5, 0.6) is 5.75 Å². The highest BCUT2D eigenvalue weighted by Gasteiger charge is 2.69. The van der Waals surface area contributed by atoms with Crippen molar-refractivity contribution >= 4 is 17.5 Å². The van der Waals surface area contributed by atoms with Gasteiger partial charge < -0.3 is 33.2 Å². The largest absolute Gasteiger partial charge is 0.428 e. The highest BCUT2D eigenvalue weighted by Crippen LogP contribution is 2.47. The molecular formula is C20H23NO7S. The summed E-state index contributed by atoms with van der Waals surface area (Å²) in [6.07, 6.45) is -3.11. The van der Waals surface area contributed by atoms with Gasteiger partial charge in [0.25, 0.3) is 5.60 Å². The Balaban J connectivity index is 1.61. The van der Waals surface area contributed by atoms with Crippen molar-refractivity contribution in [3.8, 4) is 11.8 Å². The lowest BCUT2D eigenvalue weighted by molar-refractivity contribution is -0.239. The third kappa shape index (κ3) is 3.84. The Bertz CT molecular complexity index is 824. The van der Waals surface area contributed by atoms with Crippen molar-refractivity contribution in [1.29, 1.82) is 5.26 Å². The average Bonchev–Trinajstić information content (AvgIpc) is 3.25. The maximum absolute atomic E-state index is 10.2. The van der Waals surface area contributed by atoms with Gasteiger partial charge in [-0.1, -0.05) is 18.2 Å². The minimum Gasteiger partial charge on any atom is -0.428 e. The smallest absolute Gasteiger partial charge is 0.359 e. The summed E-state index contributed by atoms with van der Waals surface area (Å²) >= 11 is 5.28. The molecule has 0 bridgehead atoms. The van der Waals surface area contributed by atoms with Crippen molar-refractivity contribution in [2.24, 2.45) is 0 Å². The molecule has 0 radical (unpaired) electrons. The Hall–Kier alpha value is -1.80. The first-order chi connectivity index (χ1) is 13.6. The second-order valence-electron chi connectivity index (χ2n) is 8.02. The molecule has 0 spiro atoms. The molecule has 3 fully saturated rings. The van der Waals surface area contributed by atoms with Gasteiger partial charge in [0.1, 0.15) is 24.0 Å². The highest BCUT2D eigenvalue weighted by molar-refractivity contribution is 7.79. The molecule has 0 amide bonds. The lowest BCUT2D eigenvalue weighted by Crippen LogP contribution is -2.56. The number of fused-ring (bicyclic) bond motifs is 1. The van der Waals surface area contributed by atoms with Crippen LogP contribution in [0.4, 0.5) is 0 Å². The van der Waals surface area contributed by atoms with E-state index < -0.39 is 41.8 Å². The molecule has 3 heterocycles. The van der Waals surface area contributed by atoms with E-state index in [2.05, 4.69) is 6.07 Å². The van der Waals surface area contributed by atoms with E-state index in [1.165, 1.54) is 0 Å². The summed E-state index contributed by atoms with van der Waals surface area (Å²) in [4.78, 5) is 0. The summed E-state index contributed by atoms with van der Waals surface area (Å²) < 4.78 is 40.9. The van der Waals surface area contributed by atoms with Crippen LogP contribution in [-0.4, -0.2) is 53.6 Å². The van der Waals surface area contributed by atoms with Gasteiger partial charge in [-0.3, -0.25) is 0 Å². The van der Waals surface area contributed by atoms with Crippen LogP contribution in [0.1, 0.15) is 27.7 Å². The van der Waals surface area contributed by atoms with Gasteiger partial charge in [0.2, 0.25) is 0 Å². The average molecular weight is 421 g/mol. The summed E-state index contributed by atoms with van der Waals surface area (Å²) in [5.41, 5.74) is -1.64. The van der Waals surface area contributed by atoms with Crippen molar-refractivity contribution < 1.29 is 33.2 Å². The Morgan fingerprint density at radius 2 is 1.79 bits per heavy atom. The fourth-order valence-electron chi connectivity index (χ4n) is 3.77. The molecule has 3 aliphatic heterocycles. The van der Waals surface area contributed by atoms with Gasteiger partial charge >= 0.3 is 5.24 Å². The fourth-order valence-corrected chi connectivity index (χ4v) is 4.00. The Labute approximate surface area is 174 Å². The molecule has 4 rings (SSSR count). The Morgan fingerprint density at radius 3 is 2.41 bits per heavy atom. The third-order valence-corrected chi connectivity index (χ3v) is 5.09. The highest BCUT2D eigenvalue weighted by atomic mass is 32.1. The van der Waals surface area contributed by atoms with Gasteiger partial charge in [-0.2, -0.15) is 5.26 Å². The summed E-state index contributed by atoms with van der Waals surface area (Å²) in [5.74, 6) is -1.27. The van der Waals surface area contributed by atoms with Crippen LogP contribution in [-0.2, 0) is 28.4 Å². The predicted molar refractivity (Wildman–Crippen MR) is 103 cm³/mol. The number of rotatable bonds is 3. The van der Waals surface area contributed by atoms with Crippen molar-refractivity contribution in [3.05, 3.63) is 30.3 Å². The zero-order valence-electron chi connectivity index (χ0n) is 16.6. The first-order valence-corrected chi connectivity index (χ1v) is 9.75. The number of para-hydroxylation sites is 1. The molecule has 156 valence electrons. The standard InChI is InChI=1S/C20H23NO7S/c1-18(2)22-10-13(25-18)14-20(11-21,15-16(24-14)27-19(3,4)26-15)28-17(29)23-12-8-6-5-7-9-12/h5-9,13-16H,10H2,1-4H3/t13-,14+,15-,16+,20-/m0/s1. The Kier molecular flexibility index (Phi) is 5.06. The second-order valence-corrected chi connectivity index (χ2v) is 8.35. The van der Waals surface area contributed by atoms with Crippen LogP contribution in [0.3, 0.4) is 0 Å². The molecule has 0 unspecified atom stereocenters. The van der Waals surface area contributed by atoms with Gasteiger partial charge in [0.05, 0.1) is 6.61 Å². The number of thiocarbonyl (C=S) groups is 1. The Morgan fingerprint density at radius 1 is 1.07 bits per heavy atom. The first-order valence-electron chi connectivity index (χ1n) is 9.34. The molecule has 0 aromatic heterocycles. The SMILES string of the molecule is CC1(C)OC[C@@H]([C@H]2O[C@@H]3OC(C)(C)O[C@@H]3[C@@]2(C#N)OC(=S)Oc2ccccc2)O1. The van der Waals surface area contributed by atoms with Crippen LogP contribution in [0.15, 0.2) is 30.3 Å². The molecule has 29 heavy (non-hydrogen) atoms. The minimum absolute atomic E-state index is 0.222. The first kappa shape index (κ1) is 20.5. The molecule has 0 aliphatic carbocycles. The topological polar surface area (TPSA) is 88.4 Å². The van der Waals surface area contributed by atoms with Crippen LogP contribution in [0.2, 0.25) is 0 Å². The third-order valence-electron chi connectivity index (χ3n) is 4.92. The number of hydrogen-bond donors (Lipinski definition) is 0. The van der Waals surface area contributed by atoms with Gasteiger partial charge in [-0.15, -0.1) is 0 Å². The normalized spacial score (nSPS) is 36.9. The predicted octanol–water partition coefficient (Wildman–Crippen LogP) is 2.66. The van der Waals surface area contributed by atoms with E-state index in [0.29, 0.717) is 5.75 Å². The number of nitrogens with zero attached hydrogens (tertiary/aromatic N) is 1. The number of benzene rings is 1. The van der Waals surface area contributed by atoms with E-state index >= 15 is 0 Å². The number of nitriles is 1. The van der Waals surface area contributed by atoms with Crippen molar-refractivity contribution in [2.75, 3.05) is 6.61 Å². The van der Waals surface area contributed by atoms with Crippen molar-refractivity contribution in [1.82, 2.24) is 0 Å². The maximum atomic E-state index is 10.2. The van der Waals surface area contributed by atoms with E-state index in [0.717, 1.165) is 0 Å². The molecule has 3 saturated heterocycles. The zero-order chi connectivity index (χ0) is 20.9. The van der Waals surface area contributed by atoms with E-state index in [4.69, 9.17) is 45.4 Å². The van der Waals surface area contributed by atoms with Crippen molar-refractivity contribution in [2.45, 2.75) is 69.5 Å². The van der Waals surface area contributed by atoms with Crippen LogP contribution >= 0.6 is 12.2 Å². The summed E-state index contributed by atoms with van der Waals surface area (Å²) in [5, 5.41) is 9.98. The zero-order valence-corrected chi connectivity index (χ0v) is 17.4. The molecular weight excluding hydrogens is 398 g/mol. The molecule has 1 aromatic carbocycles. The summed E-state index contributed by atoms with van der Waals surface area (Å²) in [7, 11) is 0. The van der Waals surface area contributed by atoms with Gasteiger partial charge in [-0.05, 0) is 39.8 Å². The molecule has 8 nitrogen and oxygen atoms in total. The van der Waals surface area contributed by atoms with Gasteiger partial charge in [0.15, 0.2) is 24.0 Å². The fraction of sp³-hybridized carbons (Fsp3) is 0.600.